The van der Waals surface area contributed by atoms with Gasteiger partial charge in [-0.3, -0.25) is 19.7 Å². The Morgan fingerprint density at radius 2 is 1.89 bits per heavy atom. The molecule has 0 atom stereocenters. The average Bonchev–Trinajstić information content (AvgIpc) is 2.66. The number of carbonyl (C=O) groups is 2. The van der Waals surface area contributed by atoms with E-state index in [-0.39, 0.29) is 29.4 Å². The molecule has 8 nitrogen and oxygen atoms in total. The molecule has 9 heteroatoms. The van der Waals surface area contributed by atoms with Crippen LogP contribution >= 0.6 is 11.6 Å². The van der Waals surface area contributed by atoms with Gasteiger partial charge in [0.15, 0.2) is 0 Å². The Kier molecular flexibility index (Phi) is 7.13. The van der Waals surface area contributed by atoms with Crippen molar-refractivity contribution < 1.29 is 24.0 Å². The highest BCUT2D eigenvalue weighted by atomic mass is 35.5. The smallest absolute Gasteiger partial charge is 0.325 e. The third-order valence-corrected chi connectivity index (χ3v) is 3.93. The first-order valence-electron chi connectivity index (χ1n) is 7.91. The molecule has 27 heavy (non-hydrogen) atoms. The number of nitro groups is 1. The third-order valence-electron chi connectivity index (χ3n) is 3.61. The topological polar surface area (TPSA) is 108 Å². The lowest BCUT2D eigenvalue weighted by molar-refractivity contribution is -0.384. The number of nitro benzene ring substituents is 1. The fourth-order valence-corrected chi connectivity index (χ4v) is 2.36. The van der Waals surface area contributed by atoms with Gasteiger partial charge in [0.05, 0.1) is 18.6 Å². The molecular weight excluding hydrogens is 376 g/mol. The van der Waals surface area contributed by atoms with Gasteiger partial charge in [0, 0.05) is 18.1 Å². The molecule has 0 aliphatic rings. The number of carbonyl (C=O) groups excluding carboxylic acids is 2. The molecule has 2 aromatic carbocycles. The molecule has 142 valence electrons. The Morgan fingerprint density at radius 3 is 2.52 bits per heavy atom. The van der Waals surface area contributed by atoms with Crippen LogP contribution in [0.2, 0.25) is 5.02 Å². The zero-order chi connectivity index (χ0) is 19.8. The van der Waals surface area contributed by atoms with E-state index in [0.29, 0.717) is 6.42 Å². The van der Waals surface area contributed by atoms with E-state index in [1.807, 2.05) is 24.3 Å². The fraction of sp³-hybridized carbons (Fsp3) is 0.222. The van der Waals surface area contributed by atoms with Crippen LogP contribution in [-0.4, -0.2) is 37.1 Å². The third kappa shape index (κ3) is 5.96. The molecule has 0 fully saturated rings. The highest BCUT2D eigenvalue weighted by Crippen LogP contribution is 2.24. The van der Waals surface area contributed by atoms with Crippen molar-refractivity contribution in [2.45, 2.75) is 6.42 Å². The van der Waals surface area contributed by atoms with Gasteiger partial charge in [-0.05, 0) is 29.8 Å². The second-order valence-corrected chi connectivity index (χ2v) is 5.83. The molecular formula is C18H17ClN2O6. The second kappa shape index (κ2) is 9.54. The van der Waals surface area contributed by atoms with Crippen molar-refractivity contribution in [3.63, 3.8) is 0 Å². The first-order chi connectivity index (χ1) is 12.9. The Morgan fingerprint density at radius 1 is 1.19 bits per heavy atom. The number of esters is 1. The van der Waals surface area contributed by atoms with Crippen LogP contribution < -0.4 is 10.1 Å². The van der Waals surface area contributed by atoms with Crippen LogP contribution in [0.4, 0.5) is 5.69 Å². The molecule has 1 amide bonds. The van der Waals surface area contributed by atoms with Gasteiger partial charge in [0.25, 0.3) is 11.6 Å². The number of benzene rings is 2. The van der Waals surface area contributed by atoms with E-state index in [9.17, 15) is 19.7 Å². The summed E-state index contributed by atoms with van der Waals surface area (Å²) in [5, 5.41) is 13.1. The number of nitrogens with one attached hydrogen (secondary N) is 1. The maximum atomic E-state index is 12.0. The number of halogens is 1. The summed E-state index contributed by atoms with van der Waals surface area (Å²) < 4.78 is 10.1. The number of methoxy groups -OCH3 is 1. The number of ether oxygens (including phenoxy) is 2. The molecule has 0 heterocycles. The van der Waals surface area contributed by atoms with Crippen LogP contribution in [0.25, 0.3) is 0 Å². The summed E-state index contributed by atoms with van der Waals surface area (Å²) in [5.74, 6) is -0.511. The Bertz CT molecular complexity index is 838. The molecule has 2 rings (SSSR count). The Hall–Kier alpha value is -3.13. The van der Waals surface area contributed by atoms with Crippen LogP contribution in [0.3, 0.4) is 0 Å². The number of nitrogens with zero attached hydrogens (tertiary/aromatic N) is 1. The minimum Gasteiger partial charge on any atom is -0.497 e. The van der Waals surface area contributed by atoms with Crippen molar-refractivity contribution in [3.8, 4) is 5.75 Å². The standard InChI is InChI=1S/C18H17ClN2O6/c1-26-14-5-2-12(3-6-14)8-9-27-17(22)11-20-18(23)13-4-7-15(19)16(10-13)21(24)25/h2-7,10H,8-9,11H2,1H3,(H,20,23). The van der Waals surface area contributed by atoms with Crippen molar-refractivity contribution in [2.75, 3.05) is 20.3 Å². The average molecular weight is 393 g/mol. The van der Waals surface area contributed by atoms with E-state index >= 15 is 0 Å². The highest BCUT2D eigenvalue weighted by Gasteiger charge is 2.16. The minimum absolute atomic E-state index is 0.0251. The molecule has 0 bridgehead atoms. The SMILES string of the molecule is COc1ccc(CCOC(=O)CNC(=O)c2ccc(Cl)c([N+](=O)[O-])c2)cc1. The van der Waals surface area contributed by atoms with Gasteiger partial charge in [-0.2, -0.15) is 0 Å². The van der Waals surface area contributed by atoms with Crippen LogP contribution in [0.1, 0.15) is 15.9 Å². The summed E-state index contributed by atoms with van der Waals surface area (Å²) in [6.45, 7) is -0.189. The van der Waals surface area contributed by atoms with Crippen molar-refractivity contribution in [1.82, 2.24) is 5.32 Å². The van der Waals surface area contributed by atoms with Crippen molar-refractivity contribution in [3.05, 3.63) is 68.7 Å². The molecule has 0 saturated carbocycles. The van der Waals surface area contributed by atoms with Gasteiger partial charge in [0.2, 0.25) is 0 Å². The molecule has 1 N–H and O–H groups in total. The van der Waals surface area contributed by atoms with Gasteiger partial charge < -0.3 is 14.8 Å². The van der Waals surface area contributed by atoms with E-state index in [4.69, 9.17) is 21.1 Å². The van der Waals surface area contributed by atoms with Crippen LogP contribution in [0, 0.1) is 10.1 Å². The first-order valence-corrected chi connectivity index (χ1v) is 8.29. The first kappa shape index (κ1) is 20.2. The number of amides is 1. The summed E-state index contributed by atoms with van der Waals surface area (Å²) in [5.41, 5.74) is 0.615. The van der Waals surface area contributed by atoms with Crippen LogP contribution in [0.5, 0.6) is 5.75 Å². The molecule has 0 radical (unpaired) electrons. The van der Waals surface area contributed by atoms with E-state index in [1.165, 1.54) is 12.1 Å². The van der Waals surface area contributed by atoms with Crippen LogP contribution in [-0.2, 0) is 16.0 Å². The monoisotopic (exact) mass is 392 g/mol. The molecule has 0 aromatic heterocycles. The number of hydrogen-bond acceptors (Lipinski definition) is 6. The predicted octanol–water partition coefficient (Wildman–Crippen LogP) is 2.77. The van der Waals surface area contributed by atoms with Crippen molar-refractivity contribution >= 4 is 29.2 Å². The summed E-state index contributed by atoms with van der Waals surface area (Å²) in [6, 6.07) is 11.0. The van der Waals surface area contributed by atoms with E-state index in [2.05, 4.69) is 5.32 Å². The Balaban J connectivity index is 1.78. The molecule has 0 unspecified atom stereocenters. The molecule has 0 spiro atoms. The van der Waals surface area contributed by atoms with Gasteiger partial charge in [-0.25, -0.2) is 0 Å². The molecule has 0 saturated heterocycles. The summed E-state index contributed by atoms with van der Waals surface area (Å²) in [7, 11) is 1.58. The normalized spacial score (nSPS) is 10.1. The second-order valence-electron chi connectivity index (χ2n) is 5.42. The van der Waals surface area contributed by atoms with E-state index < -0.39 is 16.8 Å². The van der Waals surface area contributed by atoms with Gasteiger partial charge in [-0.15, -0.1) is 0 Å². The van der Waals surface area contributed by atoms with Crippen molar-refractivity contribution in [2.24, 2.45) is 0 Å². The predicted molar refractivity (Wildman–Crippen MR) is 98.1 cm³/mol. The highest BCUT2D eigenvalue weighted by molar-refractivity contribution is 6.32. The molecule has 0 aliphatic carbocycles. The summed E-state index contributed by atoms with van der Waals surface area (Å²) >= 11 is 5.69. The lowest BCUT2D eigenvalue weighted by Gasteiger charge is -2.07. The summed E-state index contributed by atoms with van der Waals surface area (Å²) in [4.78, 5) is 33.9. The quantitative estimate of drug-likeness (QED) is 0.420. The van der Waals surface area contributed by atoms with Crippen molar-refractivity contribution in [1.29, 1.82) is 0 Å². The van der Waals surface area contributed by atoms with E-state index in [0.717, 1.165) is 17.4 Å². The summed E-state index contributed by atoms with van der Waals surface area (Å²) in [6.07, 6.45) is 0.521. The molecule has 0 aliphatic heterocycles. The molecule has 2 aromatic rings. The Labute approximate surface area is 160 Å². The number of rotatable bonds is 8. The fourth-order valence-electron chi connectivity index (χ4n) is 2.17. The number of hydrogen-bond donors (Lipinski definition) is 1. The lowest BCUT2D eigenvalue weighted by atomic mass is 10.1. The van der Waals surface area contributed by atoms with Crippen LogP contribution in [0.15, 0.2) is 42.5 Å². The zero-order valence-electron chi connectivity index (χ0n) is 14.4. The maximum Gasteiger partial charge on any atom is 0.325 e. The van der Waals surface area contributed by atoms with Gasteiger partial charge >= 0.3 is 5.97 Å². The van der Waals surface area contributed by atoms with Gasteiger partial charge in [-0.1, -0.05) is 23.7 Å². The maximum absolute atomic E-state index is 12.0. The largest absolute Gasteiger partial charge is 0.497 e. The van der Waals surface area contributed by atoms with E-state index in [1.54, 1.807) is 7.11 Å². The zero-order valence-corrected chi connectivity index (χ0v) is 15.2. The minimum atomic E-state index is -0.688. The lowest BCUT2D eigenvalue weighted by Crippen LogP contribution is -2.31. The van der Waals surface area contributed by atoms with Gasteiger partial charge in [0.1, 0.15) is 17.3 Å².